The lowest BCUT2D eigenvalue weighted by molar-refractivity contribution is -0.136. The fourth-order valence-corrected chi connectivity index (χ4v) is 4.12. The lowest BCUT2D eigenvalue weighted by Gasteiger charge is -2.33. The first kappa shape index (κ1) is 17.9. The summed E-state index contributed by atoms with van der Waals surface area (Å²) in [6, 6.07) is 3.98. The molecule has 2 fully saturated rings. The van der Waals surface area contributed by atoms with E-state index < -0.39 is 0 Å². The van der Waals surface area contributed by atoms with Gasteiger partial charge in [0.05, 0.1) is 0 Å². The van der Waals surface area contributed by atoms with Crippen LogP contribution in [0.5, 0.6) is 0 Å². The monoisotopic (exact) mass is 343 g/mol. The molecule has 2 aliphatic rings. The van der Waals surface area contributed by atoms with Crippen molar-refractivity contribution in [3.05, 3.63) is 23.9 Å². The number of pyridine rings is 1. The predicted molar refractivity (Wildman–Crippen MR) is 98.1 cm³/mol. The van der Waals surface area contributed by atoms with Crippen molar-refractivity contribution in [1.82, 2.24) is 9.88 Å². The first-order valence-corrected chi connectivity index (χ1v) is 9.63. The second-order valence-corrected chi connectivity index (χ2v) is 7.52. The number of aromatic nitrogens is 1. The fraction of sp³-hybridized carbons (Fsp3) is 0.650. The number of carbonyl (C=O) groups is 2. The Bertz CT molecular complexity index is 603. The standard InChI is InChI=1S/C20H29N3O2/c1-15(24)22-19-14-17(8-11-21-19)7-6-16-9-12-23(13-10-16)20(25)18-4-2-3-5-18/h8,11,14,16,18H,2-7,9-10,12-13H2,1H3,(H,21,22,24). The average molecular weight is 343 g/mol. The molecular formula is C20H29N3O2. The molecule has 0 unspecified atom stereocenters. The minimum atomic E-state index is -0.0936. The van der Waals surface area contributed by atoms with E-state index in [-0.39, 0.29) is 5.91 Å². The number of aryl methyl sites for hydroxylation is 1. The highest BCUT2D eigenvalue weighted by Crippen LogP contribution is 2.29. The maximum atomic E-state index is 12.5. The molecule has 1 saturated carbocycles. The third-order valence-corrected chi connectivity index (χ3v) is 5.60. The molecule has 0 radical (unpaired) electrons. The topological polar surface area (TPSA) is 62.3 Å². The fourth-order valence-electron chi connectivity index (χ4n) is 4.12. The Morgan fingerprint density at radius 1 is 1.20 bits per heavy atom. The van der Waals surface area contributed by atoms with E-state index in [0.717, 1.165) is 51.6 Å². The summed E-state index contributed by atoms with van der Waals surface area (Å²) >= 11 is 0. The number of hydrogen-bond acceptors (Lipinski definition) is 3. The molecule has 1 aliphatic carbocycles. The maximum absolute atomic E-state index is 12.5. The van der Waals surface area contributed by atoms with Crippen molar-refractivity contribution in [2.24, 2.45) is 11.8 Å². The molecule has 2 heterocycles. The SMILES string of the molecule is CC(=O)Nc1cc(CCC2CCN(C(=O)C3CCCC3)CC2)ccn1. The van der Waals surface area contributed by atoms with Gasteiger partial charge in [-0.15, -0.1) is 0 Å². The molecule has 25 heavy (non-hydrogen) atoms. The summed E-state index contributed by atoms with van der Waals surface area (Å²) in [5.74, 6) is 1.93. The van der Waals surface area contributed by atoms with Crippen LogP contribution in [-0.4, -0.2) is 34.8 Å². The number of likely N-dealkylation sites (tertiary alicyclic amines) is 1. The normalized spacial score (nSPS) is 19.2. The van der Waals surface area contributed by atoms with Crippen LogP contribution in [0.3, 0.4) is 0 Å². The van der Waals surface area contributed by atoms with Crippen LogP contribution in [0.2, 0.25) is 0 Å². The number of hydrogen-bond donors (Lipinski definition) is 1. The molecule has 5 heteroatoms. The highest BCUT2D eigenvalue weighted by atomic mass is 16.2. The Balaban J connectivity index is 1.43. The van der Waals surface area contributed by atoms with Crippen LogP contribution in [0.1, 0.15) is 57.4 Å². The molecule has 1 aromatic heterocycles. The molecule has 136 valence electrons. The molecule has 0 bridgehead atoms. The van der Waals surface area contributed by atoms with Gasteiger partial charge >= 0.3 is 0 Å². The van der Waals surface area contributed by atoms with E-state index in [0.29, 0.717) is 23.6 Å². The van der Waals surface area contributed by atoms with E-state index in [9.17, 15) is 9.59 Å². The molecule has 1 aromatic rings. The summed E-state index contributed by atoms with van der Waals surface area (Å²) < 4.78 is 0. The lowest BCUT2D eigenvalue weighted by Crippen LogP contribution is -2.41. The first-order chi connectivity index (χ1) is 12.1. The molecule has 0 spiro atoms. The summed E-state index contributed by atoms with van der Waals surface area (Å²) in [4.78, 5) is 29.9. The summed E-state index contributed by atoms with van der Waals surface area (Å²) in [5, 5.41) is 2.73. The Morgan fingerprint density at radius 2 is 1.92 bits per heavy atom. The number of anilines is 1. The second-order valence-electron chi connectivity index (χ2n) is 7.52. The summed E-state index contributed by atoms with van der Waals surface area (Å²) in [5.41, 5.74) is 1.21. The van der Waals surface area contributed by atoms with Gasteiger partial charge in [0.2, 0.25) is 11.8 Å². The number of nitrogens with one attached hydrogen (secondary N) is 1. The van der Waals surface area contributed by atoms with E-state index >= 15 is 0 Å². The van der Waals surface area contributed by atoms with Crippen molar-refractivity contribution < 1.29 is 9.59 Å². The smallest absolute Gasteiger partial charge is 0.225 e. The van der Waals surface area contributed by atoms with Gasteiger partial charge < -0.3 is 10.2 Å². The first-order valence-electron chi connectivity index (χ1n) is 9.63. The molecule has 1 saturated heterocycles. The lowest BCUT2D eigenvalue weighted by atomic mass is 9.90. The third-order valence-electron chi connectivity index (χ3n) is 5.60. The summed E-state index contributed by atoms with van der Waals surface area (Å²) in [7, 11) is 0. The minimum absolute atomic E-state index is 0.0936. The Kier molecular flexibility index (Phi) is 6.05. The van der Waals surface area contributed by atoms with Crippen molar-refractivity contribution in [2.45, 2.75) is 58.3 Å². The van der Waals surface area contributed by atoms with E-state index in [1.807, 2.05) is 12.1 Å². The van der Waals surface area contributed by atoms with Crippen LogP contribution >= 0.6 is 0 Å². The molecule has 3 rings (SSSR count). The number of rotatable bonds is 5. The number of amides is 2. The Labute approximate surface area is 150 Å². The van der Waals surface area contributed by atoms with Crippen LogP contribution in [0, 0.1) is 11.8 Å². The van der Waals surface area contributed by atoms with E-state index in [2.05, 4.69) is 15.2 Å². The minimum Gasteiger partial charge on any atom is -0.342 e. The molecule has 0 atom stereocenters. The number of carbonyl (C=O) groups excluding carboxylic acids is 2. The molecular weight excluding hydrogens is 314 g/mol. The third kappa shape index (κ3) is 5.03. The zero-order chi connectivity index (χ0) is 17.6. The molecule has 5 nitrogen and oxygen atoms in total. The Morgan fingerprint density at radius 3 is 2.60 bits per heavy atom. The molecule has 2 amide bonds. The van der Waals surface area contributed by atoms with Crippen molar-refractivity contribution in [2.75, 3.05) is 18.4 Å². The van der Waals surface area contributed by atoms with Gasteiger partial charge in [-0.3, -0.25) is 9.59 Å². The van der Waals surface area contributed by atoms with Crippen LogP contribution in [0.25, 0.3) is 0 Å². The van der Waals surface area contributed by atoms with E-state index in [4.69, 9.17) is 0 Å². The van der Waals surface area contributed by atoms with Gasteiger partial charge in [-0.05, 0) is 62.1 Å². The highest BCUT2D eigenvalue weighted by molar-refractivity contribution is 5.87. The van der Waals surface area contributed by atoms with Gasteiger partial charge in [0, 0.05) is 32.1 Å². The van der Waals surface area contributed by atoms with Gasteiger partial charge in [0.15, 0.2) is 0 Å². The summed E-state index contributed by atoms with van der Waals surface area (Å²) in [6.45, 7) is 3.34. The van der Waals surface area contributed by atoms with Crippen molar-refractivity contribution >= 4 is 17.6 Å². The quantitative estimate of drug-likeness (QED) is 0.891. The molecule has 1 N–H and O–H groups in total. The predicted octanol–water partition coefficient (Wildman–Crippen LogP) is 3.40. The maximum Gasteiger partial charge on any atom is 0.225 e. The van der Waals surface area contributed by atoms with Crippen LogP contribution in [-0.2, 0) is 16.0 Å². The van der Waals surface area contributed by atoms with Crippen molar-refractivity contribution in [1.29, 1.82) is 0 Å². The average Bonchev–Trinajstić information content (AvgIpc) is 3.14. The molecule has 0 aromatic carbocycles. The van der Waals surface area contributed by atoms with Crippen LogP contribution in [0.15, 0.2) is 18.3 Å². The van der Waals surface area contributed by atoms with Gasteiger partial charge in [0.1, 0.15) is 5.82 Å². The van der Waals surface area contributed by atoms with E-state index in [1.54, 1.807) is 6.20 Å². The van der Waals surface area contributed by atoms with Gasteiger partial charge in [-0.25, -0.2) is 4.98 Å². The largest absolute Gasteiger partial charge is 0.342 e. The zero-order valence-corrected chi connectivity index (χ0v) is 15.2. The summed E-state index contributed by atoms with van der Waals surface area (Å²) in [6.07, 6.45) is 10.7. The van der Waals surface area contributed by atoms with Gasteiger partial charge in [0.25, 0.3) is 0 Å². The number of nitrogens with zero attached hydrogens (tertiary/aromatic N) is 2. The van der Waals surface area contributed by atoms with Crippen LogP contribution in [0.4, 0.5) is 5.82 Å². The van der Waals surface area contributed by atoms with Crippen LogP contribution < -0.4 is 5.32 Å². The second kappa shape index (κ2) is 8.45. The molecule has 1 aliphatic heterocycles. The highest BCUT2D eigenvalue weighted by Gasteiger charge is 2.29. The van der Waals surface area contributed by atoms with Gasteiger partial charge in [-0.1, -0.05) is 12.8 Å². The van der Waals surface area contributed by atoms with Crippen molar-refractivity contribution in [3.8, 4) is 0 Å². The van der Waals surface area contributed by atoms with Gasteiger partial charge in [-0.2, -0.15) is 0 Å². The number of piperidine rings is 1. The van der Waals surface area contributed by atoms with E-state index in [1.165, 1.54) is 25.3 Å². The van der Waals surface area contributed by atoms with Crippen molar-refractivity contribution in [3.63, 3.8) is 0 Å². The Hall–Kier alpha value is -1.91. The zero-order valence-electron chi connectivity index (χ0n) is 15.2.